The van der Waals surface area contributed by atoms with Crippen LogP contribution < -0.4 is 5.73 Å². The van der Waals surface area contributed by atoms with E-state index in [2.05, 4.69) is 0 Å². The first kappa shape index (κ1) is 23.2. The molecule has 0 heterocycles. The van der Waals surface area contributed by atoms with Crippen LogP contribution in [0.1, 0.15) is 25.7 Å². The van der Waals surface area contributed by atoms with Crippen molar-refractivity contribution in [3.05, 3.63) is 0 Å². The number of aliphatic carboxylic acids is 1. The van der Waals surface area contributed by atoms with E-state index in [9.17, 15) is 9.90 Å². The molecule has 6 nitrogen and oxygen atoms in total. The van der Waals surface area contributed by atoms with Crippen molar-refractivity contribution in [2.45, 2.75) is 37.5 Å². The summed E-state index contributed by atoms with van der Waals surface area (Å²) in [6.07, 6.45) is 2.68. The largest absolute Gasteiger partial charge is 0.480 e. The van der Waals surface area contributed by atoms with Crippen LogP contribution in [-0.2, 0) is 4.79 Å². The quantitative estimate of drug-likeness (QED) is 0.521. The minimum Gasteiger partial charge on any atom is -0.480 e. The van der Waals surface area contributed by atoms with Crippen molar-refractivity contribution >= 4 is 37.9 Å². The Morgan fingerprint density at radius 3 is 2.24 bits per heavy atom. The maximum Gasteiger partial charge on any atom is 0.451 e. The van der Waals surface area contributed by atoms with E-state index in [0.717, 1.165) is 13.0 Å². The molecular formula is C12H27BCl2N2O4. The number of carboxylic acids is 1. The fourth-order valence-corrected chi connectivity index (χ4v) is 3.19. The molecule has 0 aliphatic heterocycles. The van der Waals surface area contributed by atoms with Crippen LogP contribution in [0.4, 0.5) is 0 Å². The zero-order chi connectivity index (χ0) is 14.6. The molecule has 1 saturated carbocycles. The second-order valence-electron chi connectivity index (χ2n) is 6.16. The Kier molecular flexibility index (Phi) is 10.9. The van der Waals surface area contributed by atoms with E-state index in [1.54, 1.807) is 0 Å². The van der Waals surface area contributed by atoms with E-state index < -0.39 is 18.6 Å². The molecule has 0 bridgehead atoms. The molecule has 1 aliphatic carbocycles. The number of carboxylic acid groups (broad SMARTS) is 1. The lowest BCUT2D eigenvalue weighted by Gasteiger charge is -2.40. The number of halogens is 2. The minimum atomic E-state index is -1.33. The predicted octanol–water partition coefficient (Wildman–Crippen LogP) is 0.453. The van der Waals surface area contributed by atoms with Crippen LogP contribution in [-0.4, -0.2) is 59.3 Å². The lowest BCUT2D eigenvalue weighted by molar-refractivity contribution is -0.146. The monoisotopic (exact) mass is 344 g/mol. The molecule has 0 aromatic carbocycles. The highest BCUT2D eigenvalue weighted by atomic mass is 35.5. The average Bonchev–Trinajstić information content (AvgIpc) is 2.24. The van der Waals surface area contributed by atoms with Crippen molar-refractivity contribution in [1.29, 1.82) is 0 Å². The Balaban J connectivity index is 0. The van der Waals surface area contributed by atoms with Gasteiger partial charge in [0.2, 0.25) is 0 Å². The molecule has 1 fully saturated rings. The van der Waals surface area contributed by atoms with E-state index >= 15 is 0 Å². The summed E-state index contributed by atoms with van der Waals surface area (Å²) in [5.41, 5.74) is 4.85. The van der Waals surface area contributed by atoms with E-state index in [0.29, 0.717) is 19.3 Å². The maximum atomic E-state index is 11.4. The van der Waals surface area contributed by atoms with Crippen LogP contribution in [0.5, 0.6) is 0 Å². The minimum absolute atomic E-state index is 0. The van der Waals surface area contributed by atoms with Crippen molar-refractivity contribution < 1.29 is 19.9 Å². The highest BCUT2D eigenvalue weighted by Gasteiger charge is 2.43. The van der Waals surface area contributed by atoms with Gasteiger partial charge in [0.1, 0.15) is 5.54 Å². The number of carbonyl (C=O) groups is 1. The molecule has 1 aliphatic rings. The molecule has 126 valence electrons. The third kappa shape index (κ3) is 7.67. The van der Waals surface area contributed by atoms with Crippen molar-refractivity contribution in [2.75, 3.05) is 20.6 Å². The topological polar surface area (TPSA) is 107 Å². The van der Waals surface area contributed by atoms with Crippen molar-refractivity contribution in [3.8, 4) is 0 Å². The molecule has 0 spiro atoms. The molecule has 3 atom stereocenters. The van der Waals surface area contributed by atoms with Gasteiger partial charge < -0.3 is 25.8 Å². The summed E-state index contributed by atoms with van der Waals surface area (Å²) in [7, 11) is 2.59. The summed E-state index contributed by atoms with van der Waals surface area (Å²) in [4.78, 5) is 13.4. The zero-order valence-electron chi connectivity index (χ0n) is 12.6. The normalized spacial score (nSPS) is 28.5. The molecular weight excluding hydrogens is 318 g/mol. The molecule has 0 aromatic heterocycles. The Bertz CT molecular complexity index is 324. The number of rotatable bonds is 6. The molecule has 0 aromatic rings. The van der Waals surface area contributed by atoms with Gasteiger partial charge in [-0.3, -0.25) is 4.79 Å². The van der Waals surface area contributed by atoms with E-state index in [4.69, 9.17) is 15.8 Å². The van der Waals surface area contributed by atoms with Crippen LogP contribution in [0, 0.1) is 11.8 Å². The summed E-state index contributed by atoms with van der Waals surface area (Å²) in [6, 6.07) is 0. The second-order valence-corrected chi connectivity index (χ2v) is 6.16. The van der Waals surface area contributed by atoms with Gasteiger partial charge >= 0.3 is 13.1 Å². The molecule has 21 heavy (non-hydrogen) atoms. The van der Waals surface area contributed by atoms with Crippen LogP contribution >= 0.6 is 24.8 Å². The van der Waals surface area contributed by atoms with Gasteiger partial charge in [-0.15, -0.1) is 24.8 Å². The summed E-state index contributed by atoms with van der Waals surface area (Å²) in [6.45, 7) is 0.810. The molecule has 0 radical (unpaired) electrons. The van der Waals surface area contributed by atoms with Gasteiger partial charge in [-0.05, 0) is 51.5 Å². The first-order valence-corrected chi connectivity index (χ1v) is 6.76. The molecule has 0 unspecified atom stereocenters. The maximum absolute atomic E-state index is 11.4. The van der Waals surface area contributed by atoms with Gasteiger partial charge in [-0.25, -0.2) is 0 Å². The number of nitrogens with zero attached hydrogens (tertiary/aromatic N) is 1. The Hall–Kier alpha value is -0.0451. The van der Waals surface area contributed by atoms with Crippen molar-refractivity contribution in [1.82, 2.24) is 4.90 Å². The number of hydrogen-bond donors (Lipinski definition) is 4. The van der Waals surface area contributed by atoms with E-state index in [1.807, 2.05) is 19.0 Å². The fourth-order valence-electron chi connectivity index (χ4n) is 3.19. The third-order valence-electron chi connectivity index (χ3n) is 3.85. The van der Waals surface area contributed by atoms with E-state index in [1.165, 1.54) is 0 Å². The van der Waals surface area contributed by atoms with Crippen LogP contribution in [0.25, 0.3) is 0 Å². The van der Waals surface area contributed by atoms with Gasteiger partial charge in [0.25, 0.3) is 0 Å². The van der Waals surface area contributed by atoms with Gasteiger partial charge in [-0.1, -0.05) is 6.42 Å². The molecule has 0 amide bonds. The lowest BCUT2D eigenvalue weighted by Crippen LogP contribution is -2.54. The van der Waals surface area contributed by atoms with Gasteiger partial charge in [0.05, 0.1) is 0 Å². The lowest BCUT2D eigenvalue weighted by atomic mass is 9.67. The van der Waals surface area contributed by atoms with Gasteiger partial charge in [0.15, 0.2) is 0 Å². The summed E-state index contributed by atoms with van der Waals surface area (Å²) in [5, 5.41) is 27.2. The number of hydrogen-bond acceptors (Lipinski definition) is 5. The van der Waals surface area contributed by atoms with Crippen LogP contribution in [0.2, 0.25) is 6.32 Å². The first-order valence-electron chi connectivity index (χ1n) is 6.76. The van der Waals surface area contributed by atoms with Crippen LogP contribution in [0.15, 0.2) is 0 Å². The Labute approximate surface area is 139 Å². The van der Waals surface area contributed by atoms with Gasteiger partial charge in [-0.2, -0.15) is 0 Å². The number of nitrogens with two attached hydrogens (primary N) is 1. The summed E-state index contributed by atoms with van der Waals surface area (Å²) in [5.74, 6) is -0.571. The zero-order valence-corrected chi connectivity index (χ0v) is 14.2. The highest BCUT2D eigenvalue weighted by Crippen LogP contribution is 2.37. The Morgan fingerprint density at radius 2 is 1.81 bits per heavy atom. The van der Waals surface area contributed by atoms with Gasteiger partial charge in [0, 0.05) is 6.54 Å². The molecule has 9 heteroatoms. The predicted molar refractivity (Wildman–Crippen MR) is 88.1 cm³/mol. The third-order valence-corrected chi connectivity index (χ3v) is 3.85. The molecule has 0 saturated heterocycles. The van der Waals surface area contributed by atoms with E-state index in [-0.39, 0.29) is 43.0 Å². The summed E-state index contributed by atoms with van der Waals surface area (Å²) >= 11 is 0. The highest BCUT2D eigenvalue weighted by molar-refractivity contribution is 6.40. The summed E-state index contributed by atoms with van der Waals surface area (Å²) < 4.78 is 0. The van der Waals surface area contributed by atoms with Crippen molar-refractivity contribution in [2.24, 2.45) is 17.6 Å². The second kappa shape index (κ2) is 9.87. The first-order chi connectivity index (χ1) is 8.73. The van der Waals surface area contributed by atoms with Crippen molar-refractivity contribution in [3.63, 3.8) is 0 Å². The smallest absolute Gasteiger partial charge is 0.451 e. The average molecular weight is 345 g/mol. The molecule has 1 rings (SSSR count). The standard InChI is InChI=1S/C12H25BN2O4.2ClH/c1-15(2)8-10-5-9(3-4-13(18)19)6-12(14,7-10)11(16)17;;/h9-10,18-19H,3-8,14H2,1-2H3,(H,16,17);2*1H/t9-,10-,12-;;/m1../s1. The Morgan fingerprint density at radius 1 is 1.29 bits per heavy atom. The SMILES string of the molecule is CN(C)C[C@@H]1C[C@@H](CCB(O)O)C[C@](N)(C(=O)O)C1.Cl.Cl. The van der Waals surface area contributed by atoms with Crippen LogP contribution in [0.3, 0.4) is 0 Å². The molecule has 5 N–H and O–H groups in total. The fraction of sp³-hybridized carbons (Fsp3) is 0.917.